The van der Waals surface area contributed by atoms with Crippen molar-refractivity contribution in [3.8, 4) is 11.5 Å². The maximum absolute atomic E-state index is 14.9. The monoisotopic (exact) mass is 496 g/mol. The molecule has 1 N–H and O–H groups in total. The van der Waals surface area contributed by atoms with Gasteiger partial charge < -0.3 is 9.88 Å². The van der Waals surface area contributed by atoms with Crippen LogP contribution in [0.1, 0.15) is 59.5 Å². The first kappa shape index (κ1) is 22.3. The molecule has 1 aromatic carbocycles. The van der Waals surface area contributed by atoms with Gasteiger partial charge >= 0.3 is 0 Å². The molecule has 182 valence electrons. The number of aromatic nitrogens is 4. The van der Waals surface area contributed by atoms with Crippen molar-refractivity contribution in [2.24, 2.45) is 0 Å². The molecule has 0 bridgehead atoms. The molecule has 2 aliphatic heterocycles. The number of anilines is 1. The van der Waals surface area contributed by atoms with Crippen LogP contribution in [0.5, 0.6) is 0 Å². The summed E-state index contributed by atoms with van der Waals surface area (Å²) in [4.78, 5) is 17.5. The molecule has 2 aromatic heterocycles. The molecule has 1 fully saturated rings. The third kappa shape index (κ3) is 3.92. The zero-order valence-electron chi connectivity index (χ0n) is 19.2. The number of benzene rings is 1. The number of carbonyl (C=O) groups excluding carboxylic acids is 1. The van der Waals surface area contributed by atoms with E-state index in [0.717, 1.165) is 24.2 Å². The van der Waals surface area contributed by atoms with Gasteiger partial charge in [-0.25, -0.2) is 17.8 Å². The van der Waals surface area contributed by atoms with Crippen LogP contribution in [0.4, 0.5) is 10.2 Å². The quantitative estimate of drug-likeness (QED) is 0.581. The van der Waals surface area contributed by atoms with Crippen LogP contribution in [0.15, 0.2) is 30.3 Å². The van der Waals surface area contributed by atoms with Crippen molar-refractivity contribution in [1.82, 2.24) is 24.1 Å². The summed E-state index contributed by atoms with van der Waals surface area (Å²) in [7, 11) is -3.34. The molecular weight excluding hydrogens is 471 g/mol. The minimum atomic E-state index is -3.34. The number of pyridine rings is 1. The first-order valence-corrected chi connectivity index (χ1v) is 13.3. The summed E-state index contributed by atoms with van der Waals surface area (Å²) in [6, 6.07) is 8.26. The standard InChI is InChI=1S/C24H25FN6O3S/c1-14-5-8-22-28-29-23(31(14)22)20-3-2-4-21(26-20)27-24(32)18-11-16-13-30(35(33,34)17-6-7-17)10-9-15(16)12-19(18)25/h2-4,11-12,14,17H,5-10,13H2,1H3,(H,26,27,32)/t14-/m1/s1. The fourth-order valence-corrected chi connectivity index (χ4v) is 6.75. The molecule has 9 nitrogen and oxygen atoms in total. The van der Waals surface area contributed by atoms with Gasteiger partial charge in [-0.3, -0.25) is 4.79 Å². The zero-order chi connectivity index (χ0) is 24.3. The van der Waals surface area contributed by atoms with Gasteiger partial charge in [0.15, 0.2) is 5.82 Å². The van der Waals surface area contributed by atoms with Crippen molar-refractivity contribution in [3.05, 3.63) is 58.7 Å². The Kier molecular flexibility index (Phi) is 5.22. The molecule has 1 amide bonds. The Morgan fingerprint density at radius 1 is 1.11 bits per heavy atom. The molecule has 1 saturated carbocycles. The Morgan fingerprint density at radius 3 is 2.74 bits per heavy atom. The molecule has 0 spiro atoms. The van der Waals surface area contributed by atoms with Crippen molar-refractivity contribution in [2.75, 3.05) is 11.9 Å². The number of rotatable bonds is 5. The van der Waals surface area contributed by atoms with E-state index in [0.29, 0.717) is 42.9 Å². The molecule has 0 saturated heterocycles. The largest absolute Gasteiger partial charge is 0.307 e. The van der Waals surface area contributed by atoms with Crippen LogP contribution < -0.4 is 5.32 Å². The molecule has 6 rings (SSSR count). The van der Waals surface area contributed by atoms with Crippen molar-refractivity contribution >= 4 is 21.7 Å². The second-order valence-electron chi connectivity index (χ2n) is 9.49. The van der Waals surface area contributed by atoms with Crippen LogP contribution in [0.3, 0.4) is 0 Å². The second kappa shape index (κ2) is 8.20. The van der Waals surface area contributed by atoms with Gasteiger partial charge in [-0.05, 0) is 68.0 Å². The third-order valence-corrected chi connectivity index (χ3v) is 9.37. The number of aryl methyl sites for hydroxylation is 1. The summed E-state index contributed by atoms with van der Waals surface area (Å²) in [5.41, 5.74) is 1.82. The van der Waals surface area contributed by atoms with Crippen LogP contribution in [-0.2, 0) is 29.4 Å². The Bertz CT molecular complexity index is 1450. The highest BCUT2D eigenvalue weighted by molar-refractivity contribution is 7.90. The molecule has 1 aliphatic carbocycles. The fourth-order valence-electron chi connectivity index (χ4n) is 4.93. The normalized spacial score (nSPS) is 19.9. The van der Waals surface area contributed by atoms with E-state index in [1.54, 1.807) is 18.2 Å². The number of sulfonamides is 1. The molecule has 35 heavy (non-hydrogen) atoms. The number of hydrogen-bond acceptors (Lipinski definition) is 6. The van der Waals surface area contributed by atoms with Gasteiger partial charge in [-0.15, -0.1) is 10.2 Å². The van der Waals surface area contributed by atoms with Crippen molar-refractivity contribution in [3.63, 3.8) is 0 Å². The van der Waals surface area contributed by atoms with Gasteiger partial charge in [0.05, 0.1) is 10.8 Å². The van der Waals surface area contributed by atoms with Crippen molar-refractivity contribution in [2.45, 2.75) is 56.9 Å². The zero-order valence-corrected chi connectivity index (χ0v) is 20.1. The van der Waals surface area contributed by atoms with Gasteiger partial charge in [0.1, 0.15) is 23.2 Å². The van der Waals surface area contributed by atoms with Crippen LogP contribution >= 0.6 is 0 Å². The van der Waals surface area contributed by atoms with Crippen molar-refractivity contribution in [1.29, 1.82) is 0 Å². The third-order valence-electron chi connectivity index (χ3n) is 7.03. The number of nitrogens with one attached hydrogen (secondary N) is 1. The number of carbonyl (C=O) groups is 1. The SMILES string of the molecule is C[C@@H]1CCc2nnc(-c3cccc(NC(=O)c4cc5c(cc4F)CCN(S(=O)(=O)C4CC4)C5)n3)n21. The predicted molar refractivity (Wildman–Crippen MR) is 127 cm³/mol. The lowest BCUT2D eigenvalue weighted by atomic mass is 9.97. The molecule has 4 heterocycles. The minimum Gasteiger partial charge on any atom is -0.307 e. The van der Waals surface area contributed by atoms with E-state index >= 15 is 0 Å². The van der Waals surface area contributed by atoms with E-state index in [4.69, 9.17) is 0 Å². The average Bonchev–Trinajstić information content (AvgIpc) is 3.53. The highest BCUT2D eigenvalue weighted by Crippen LogP contribution is 2.34. The van der Waals surface area contributed by atoms with Crippen LogP contribution in [0.25, 0.3) is 11.5 Å². The number of hydrogen-bond donors (Lipinski definition) is 1. The summed E-state index contributed by atoms with van der Waals surface area (Å²) < 4.78 is 43.7. The highest BCUT2D eigenvalue weighted by Gasteiger charge is 2.41. The number of fused-ring (bicyclic) bond motifs is 2. The first-order chi connectivity index (χ1) is 16.8. The van der Waals surface area contributed by atoms with Crippen molar-refractivity contribution < 1.29 is 17.6 Å². The number of amides is 1. The molecule has 3 aromatic rings. The van der Waals surface area contributed by atoms with Gasteiger partial charge in [0, 0.05) is 25.6 Å². The van der Waals surface area contributed by atoms with E-state index in [1.165, 1.54) is 16.4 Å². The fraction of sp³-hybridized carbons (Fsp3) is 0.417. The van der Waals surface area contributed by atoms with E-state index < -0.39 is 21.7 Å². The Hall–Kier alpha value is -3.18. The van der Waals surface area contributed by atoms with E-state index in [2.05, 4.69) is 32.0 Å². The van der Waals surface area contributed by atoms with E-state index in [1.807, 2.05) is 0 Å². The second-order valence-corrected chi connectivity index (χ2v) is 11.7. The summed E-state index contributed by atoms with van der Waals surface area (Å²) in [6.45, 7) is 2.59. The Balaban J connectivity index is 1.25. The van der Waals surface area contributed by atoms with Gasteiger partial charge in [0.25, 0.3) is 5.91 Å². The smallest absolute Gasteiger partial charge is 0.259 e. The number of halogens is 1. The highest BCUT2D eigenvalue weighted by atomic mass is 32.2. The average molecular weight is 497 g/mol. The summed E-state index contributed by atoms with van der Waals surface area (Å²) >= 11 is 0. The lowest BCUT2D eigenvalue weighted by Crippen LogP contribution is -2.38. The molecule has 0 unspecified atom stereocenters. The van der Waals surface area contributed by atoms with Gasteiger partial charge in [-0.1, -0.05) is 6.07 Å². The van der Waals surface area contributed by atoms with Crippen LogP contribution in [-0.4, -0.2) is 50.2 Å². The van der Waals surface area contributed by atoms with Gasteiger partial charge in [0.2, 0.25) is 10.0 Å². The number of nitrogens with zero attached hydrogens (tertiary/aromatic N) is 5. The Morgan fingerprint density at radius 2 is 1.94 bits per heavy atom. The lowest BCUT2D eigenvalue weighted by Gasteiger charge is -2.28. The molecule has 3 aliphatic rings. The summed E-state index contributed by atoms with van der Waals surface area (Å²) in [5.74, 6) is 0.540. The lowest BCUT2D eigenvalue weighted by molar-refractivity contribution is 0.102. The van der Waals surface area contributed by atoms with Crippen LogP contribution in [0, 0.1) is 5.82 Å². The summed E-state index contributed by atoms with van der Waals surface area (Å²) in [5, 5.41) is 10.9. The molecule has 0 radical (unpaired) electrons. The maximum Gasteiger partial charge on any atom is 0.259 e. The summed E-state index contributed by atoms with van der Waals surface area (Å²) in [6.07, 6.45) is 3.65. The van der Waals surface area contributed by atoms with E-state index in [9.17, 15) is 17.6 Å². The van der Waals surface area contributed by atoms with Crippen LogP contribution in [0.2, 0.25) is 0 Å². The predicted octanol–water partition coefficient (Wildman–Crippen LogP) is 3.09. The first-order valence-electron chi connectivity index (χ1n) is 11.8. The molecule has 1 atom stereocenters. The molecular formula is C24H25FN6O3S. The maximum atomic E-state index is 14.9. The van der Waals surface area contributed by atoms with E-state index in [-0.39, 0.29) is 29.2 Å². The molecule has 11 heteroatoms. The Labute approximate surface area is 202 Å². The topological polar surface area (TPSA) is 110 Å². The van der Waals surface area contributed by atoms with Gasteiger partial charge in [-0.2, -0.15) is 4.31 Å². The minimum absolute atomic E-state index is 0.140.